The highest BCUT2D eigenvalue weighted by atomic mass is 16.5. The number of esters is 1. The Bertz CT molecular complexity index is 1270. The van der Waals surface area contributed by atoms with Gasteiger partial charge in [-0.05, 0) is 53.8 Å². The maximum absolute atomic E-state index is 13.3. The van der Waals surface area contributed by atoms with E-state index in [-0.39, 0.29) is 23.7 Å². The molecule has 1 atom stereocenters. The SMILES string of the molecule is CC(C)COC(=O)c1ccc(N2C(=O)C(O)=C(C(=O)CCc3ccccc3)C2c2cccnc2)cc1. The van der Waals surface area contributed by atoms with Crippen LogP contribution in [0, 0.1) is 5.92 Å². The molecular formula is C29H28N2O5. The van der Waals surface area contributed by atoms with E-state index in [0.29, 0.717) is 29.8 Å². The summed E-state index contributed by atoms with van der Waals surface area (Å²) in [5.74, 6) is -1.80. The normalized spacial score (nSPS) is 15.5. The van der Waals surface area contributed by atoms with Gasteiger partial charge < -0.3 is 9.84 Å². The van der Waals surface area contributed by atoms with Crippen molar-refractivity contribution in [2.24, 2.45) is 5.92 Å². The summed E-state index contributed by atoms with van der Waals surface area (Å²) in [4.78, 5) is 44.4. The first-order valence-electron chi connectivity index (χ1n) is 11.9. The van der Waals surface area contributed by atoms with E-state index >= 15 is 0 Å². The maximum atomic E-state index is 13.3. The van der Waals surface area contributed by atoms with Crippen LogP contribution in [0.15, 0.2) is 90.5 Å². The summed E-state index contributed by atoms with van der Waals surface area (Å²) in [6.07, 6.45) is 3.80. The number of hydrogen-bond donors (Lipinski definition) is 1. The first-order valence-corrected chi connectivity index (χ1v) is 11.9. The number of aliphatic hydroxyl groups excluding tert-OH is 1. The van der Waals surface area contributed by atoms with Gasteiger partial charge in [0.1, 0.15) is 0 Å². The number of aliphatic hydroxyl groups is 1. The van der Waals surface area contributed by atoms with Crippen molar-refractivity contribution in [1.82, 2.24) is 4.98 Å². The van der Waals surface area contributed by atoms with Gasteiger partial charge in [0.05, 0.1) is 23.8 Å². The molecule has 1 unspecified atom stereocenters. The number of carbonyl (C=O) groups is 3. The Morgan fingerprint density at radius 2 is 1.75 bits per heavy atom. The molecule has 36 heavy (non-hydrogen) atoms. The second-order valence-corrected chi connectivity index (χ2v) is 9.07. The summed E-state index contributed by atoms with van der Waals surface area (Å²) in [7, 11) is 0. The summed E-state index contributed by atoms with van der Waals surface area (Å²) >= 11 is 0. The number of carbonyl (C=O) groups excluding carboxylic acids is 3. The number of nitrogens with zero attached hydrogens (tertiary/aromatic N) is 2. The summed E-state index contributed by atoms with van der Waals surface area (Å²) in [6, 6.07) is 18.6. The van der Waals surface area contributed by atoms with Gasteiger partial charge in [0.25, 0.3) is 5.91 Å². The van der Waals surface area contributed by atoms with E-state index < -0.39 is 23.7 Å². The van der Waals surface area contributed by atoms with Crippen LogP contribution >= 0.6 is 0 Å². The number of pyridine rings is 1. The number of anilines is 1. The van der Waals surface area contributed by atoms with Crippen molar-refractivity contribution >= 4 is 23.3 Å². The molecule has 7 nitrogen and oxygen atoms in total. The summed E-state index contributed by atoms with van der Waals surface area (Å²) in [5.41, 5.74) is 2.42. The zero-order valence-corrected chi connectivity index (χ0v) is 20.3. The van der Waals surface area contributed by atoms with Gasteiger partial charge in [-0.1, -0.05) is 50.2 Å². The van der Waals surface area contributed by atoms with Crippen LogP contribution in [0.2, 0.25) is 0 Å². The fourth-order valence-electron chi connectivity index (χ4n) is 4.13. The molecule has 1 aromatic heterocycles. The van der Waals surface area contributed by atoms with Crippen molar-refractivity contribution in [3.05, 3.63) is 107 Å². The van der Waals surface area contributed by atoms with Crippen molar-refractivity contribution in [1.29, 1.82) is 0 Å². The van der Waals surface area contributed by atoms with E-state index in [1.165, 1.54) is 4.90 Å². The third kappa shape index (κ3) is 5.35. The smallest absolute Gasteiger partial charge is 0.338 e. The van der Waals surface area contributed by atoms with Crippen LogP contribution in [0.25, 0.3) is 0 Å². The molecule has 2 heterocycles. The standard InChI is InChI=1S/C29H28N2O5/c1-19(2)18-36-29(35)21-11-13-23(14-12-21)31-26(22-9-6-16-30-17-22)25(27(33)28(31)34)24(32)15-10-20-7-4-3-5-8-20/h3-9,11-14,16-17,19,26,33H,10,15,18H2,1-2H3. The molecule has 0 saturated heterocycles. The molecule has 7 heteroatoms. The molecule has 1 amide bonds. The average Bonchev–Trinajstić information content (AvgIpc) is 3.17. The number of rotatable bonds is 9. The van der Waals surface area contributed by atoms with Gasteiger partial charge in [0.15, 0.2) is 11.5 Å². The predicted molar refractivity (Wildman–Crippen MR) is 135 cm³/mol. The fourth-order valence-corrected chi connectivity index (χ4v) is 4.13. The van der Waals surface area contributed by atoms with Gasteiger partial charge in [-0.15, -0.1) is 0 Å². The quantitative estimate of drug-likeness (QED) is 0.430. The highest BCUT2D eigenvalue weighted by Crippen LogP contribution is 2.41. The van der Waals surface area contributed by atoms with E-state index in [9.17, 15) is 19.5 Å². The number of benzene rings is 2. The van der Waals surface area contributed by atoms with Gasteiger partial charge in [-0.2, -0.15) is 0 Å². The van der Waals surface area contributed by atoms with Gasteiger partial charge in [-0.3, -0.25) is 19.5 Å². The van der Waals surface area contributed by atoms with E-state index in [0.717, 1.165) is 5.56 Å². The number of amides is 1. The van der Waals surface area contributed by atoms with Gasteiger partial charge in [0.2, 0.25) is 0 Å². The molecule has 0 bridgehead atoms. The van der Waals surface area contributed by atoms with E-state index in [1.807, 2.05) is 44.2 Å². The van der Waals surface area contributed by atoms with Crippen LogP contribution in [0.1, 0.15) is 47.8 Å². The van der Waals surface area contributed by atoms with E-state index in [4.69, 9.17) is 4.74 Å². The second kappa shape index (κ2) is 11.0. The summed E-state index contributed by atoms with van der Waals surface area (Å²) < 4.78 is 5.27. The largest absolute Gasteiger partial charge is 0.503 e. The van der Waals surface area contributed by atoms with E-state index in [1.54, 1.807) is 48.8 Å². The Balaban J connectivity index is 1.63. The number of aryl methyl sites for hydroxylation is 1. The first kappa shape index (κ1) is 24.9. The molecule has 0 radical (unpaired) electrons. The fraction of sp³-hybridized carbons (Fsp3) is 0.241. The third-order valence-electron chi connectivity index (χ3n) is 5.92. The van der Waals surface area contributed by atoms with E-state index in [2.05, 4.69) is 4.98 Å². The monoisotopic (exact) mass is 484 g/mol. The molecule has 4 rings (SSSR count). The topological polar surface area (TPSA) is 96.8 Å². The van der Waals surface area contributed by atoms with Crippen molar-refractivity contribution in [2.75, 3.05) is 11.5 Å². The lowest BCUT2D eigenvalue weighted by molar-refractivity contribution is -0.118. The number of aromatic nitrogens is 1. The maximum Gasteiger partial charge on any atom is 0.338 e. The average molecular weight is 485 g/mol. The van der Waals surface area contributed by atoms with Crippen molar-refractivity contribution < 1.29 is 24.2 Å². The van der Waals surface area contributed by atoms with Crippen LogP contribution < -0.4 is 4.90 Å². The minimum atomic E-state index is -0.840. The second-order valence-electron chi connectivity index (χ2n) is 9.07. The minimum Gasteiger partial charge on any atom is -0.503 e. The minimum absolute atomic E-state index is 0.0457. The number of ketones is 1. The van der Waals surface area contributed by atoms with Crippen LogP contribution in [0.3, 0.4) is 0 Å². The molecule has 0 saturated carbocycles. The Labute approximate surface area is 210 Å². The third-order valence-corrected chi connectivity index (χ3v) is 5.92. The number of hydrogen-bond acceptors (Lipinski definition) is 6. The molecule has 0 fully saturated rings. The zero-order valence-electron chi connectivity index (χ0n) is 20.3. The van der Waals surface area contributed by atoms with Crippen molar-refractivity contribution in [2.45, 2.75) is 32.7 Å². The summed E-state index contributed by atoms with van der Waals surface area (Å²) in [5, 5.41) is 10.8. The Kier molecular flexibility index (Phi) is 7.59. The molecule has 1 N–H and O–H groups in total. The van der Waals surface area contributed by atoms with Gasteiger partial charge >= 0.3 is 5.97 Å². The Morgan fingerprint density at radius 3 is 2.39 bits per heavy atom. The lowest BCUT2D eigenvalue weighted by Gasteiger charge is -2.26. The first-order chi connectivity index (χ1) is 17.4. The van der Waals surface area contributed by atoms with Crippen molar-refractivity contribution in [3.8, 4) is 0 Å². The molecule has 1 aliphatic heterocycles. The molecule has 0 spiro atoms. The zero-order chi connectivity index (χ0) is 25.7. The molecule has 2 aromatic carbocycles. The predicted octanol–water partition coefficient (Wildman–Crippen LogP) is 5.00. The molecule has 184 valence electrons. The van der Waals surface area contributed by atoms with Crippen LogP contribution in [-0.4, -0.2) is 34.4 Å². The van der Waals surface area contributed by atoms with Gasteiger partial charge in [-0.25, -0.2) is 4.79 Å². The van der Waals surface area contributed by atoms with Crippen LogP contribution in [-0.2, 0) is 20.7 Å². The lowest BCUT2D eigenvalue weighted by atomic mass is 9.94. The molecule has 0 aliphatic carbocycles. The number of Topliss-reactive ketones (excluding diaryl/α,β-unsaturated/α-hetero) is 1. The summed E-state index contributed by atoms with van der Waals surface area (Å²) in [6.45, 7) is 4.21. The molecule has 3 aromatic rings. The van der Waals surface area contributed by atoms with Crippen molar-refractivity contribution in [3.63, 3.8) is 0 Å². The number of ether oxygens (including phenoxy) is 1. The highest BCUT2D eigenvalue weighted by Gasteiger charge is 2.44. The van der Waals surface area contributed by atoms with Gasteiger partial charge in [0, 0.05) is 24.5 Å². The van der Waals surface area contributed by atoms with Crippen LogP contribution in [0.4, 0.5) is 5.69 Å². The van der Waals surface area contributed by atoms with Crippen LogP contribution in [0.5, 0.6) is 0 Å². The Hall–Kier alpha value is -4.26. The highest BCUT2D eigenvalue weighted by molar-refractivity contribution is 6.16. The lowest BCUT2D eigenvalue weighted by Crippen LogP contribution is -2.31. The molecular weight excluding hydrogens is 456 g/mol. The molecule has 1 aliphatic rings. The Morgan fingerprint density at radius 1 is 1.03 bits per heavy atom.